The maximum atomic E-state index is 3.83. The molecule has 2 saturated carbocycles. The highest BCUT2D eigenvalue weighted by atomic mass is 15.2. The van der Waals surface area contributed by atoms with Crippen molar-refractivity contribution in [1.29, 1.82) is 0 Å². The minimum atomic E-state index is 0.611. The number of nitrogens with one attached hydrogen (secondary N) is 1. The van der Waals surface area contributed by atoms with Gasteiger partial charge in [0.25, 0.3) is 0 Å². The van der Waals surface area contributed by atoms with Crippen LogP contribution in [-0.4, -0.2) is 36.6 Å². The number of likely N-dealkylation sites (tertiary alicyclic amines) is 1. The molecule has 1 aliphatic heterocycles. The monoisotopic (exact) mass is 250 g/mol. The molecule has 0 radical (unpaired) electrons. The van der Waals surface area contributed by atoms with Crippen LogP contribution < -0.4 is 5.32 Å². The molecule has 2 nitrogen and oxygen atoms in total. The van der Waals surface area contributed by atoms with Gasteiger partial charge in [0.15, 0.2) is 0 Å². The topological polar surface area (TPSA) is 15.3 Å². The van der Waals surface area contributed by atoms with Gasteiger partial charge in [-0.15, -0.1) is 0 Å². The van der Waals surface area contributed by atoms with E-state index in [-0.39, 0.29) is 0 Å². The van der Waals surface area contributed by atoms with Gasteiger partial charge in [0.05, 0.1) is 0 Å². The lowest BCUT2D eigenvalue weighted by Gasteiger charge is -2.41. The third-order valence-corrected chi connectivity index (χ3v) is 5.49. The van der Waals surface area contributed by atoms with Crippen molar-refractivity contribution in [1.82, 2.24) is 10.2 Å². The molecule has 2 aliphatic carbocycles. The Kier molecular flexibility index (Phi) is 3.95. The Bertz CT molecular complexity index is 266. The van der Waals surface area contributed by atoms with Gasteiger partial charge in [-0.2, -0.15) is 0 Å². The predicted molar refractivity (Wildman–Crippen MR) is 76.8 cm³/mol. The maximum absolute atomic E-state index is 3.83. The van der Waals surface area contributed by atoms with Gasteiger partial charge in [-0.3, -0.25) is 0 Å². The summed E-state index contributed by atoms with van der Waals surface area (Å²) in [5.41, 5.74) is 0.611. The molecule has 0 aromatic heterocycles. The Morgan fingerprint density at radius 3 is 2.44 bits per heavy atom. The second kappa shape index (κ2) is 5.50. The second-order valence-corrected chi connectivity index (χ2v) is 7.18. The molecular weight excluding hydrogens is 220 g/mol. The van der Waals surface area contributed by atoms with Crippen LogP contribution in [-0.2, 0) is 0 Å². The molecular formula is C16H30N2. The molecule has 0 aromatic carbocycles. The van der Waals surface area contributed by atoms with Crippen LogP contribution in [0.25, 0.3) is 0 Å². The second-order valence-electron chi connectivity index (χ2n) is 7.18. The van der Waals surface area contributed by atoms with E-state index in [4.69, 9.17) is 0 Å². The first-order valence-corrected chi connectivity index (χ1v) is 8.25. The van der Waals surface area contributed by atoms with Crippen LogP contribution >= 0.6 is 0 Å². The van der Waals surface area contributed by atoms with Crippen molar-refractivity contribution in [3.05, 3.63) is 0 Å². The number of rotatable bonds is 5. The summed E-state index contributed by atoms with van der Waals surface area (Å²) in [4.78, 5) is 2.78. The zero-order chi connectivity index (χ0) is 12.4. The Balaban J connectivity index is 1.59. The lowest BCUT2D eigenvalue weighted by Crippen LogP contribution is -2.46. The van der Waals surface area contributed by atoms with Crippen molar-refractivity contribution in [3.8, 4) is 0 Å². The predicted octanol–water partition coefficient (Wildman–Crippen LogP) is 3.17. The summed E-state index contributed by atoms with van der Waals surface area (Å²) >= 11 is 0. The van der Waals surface area contributed by atoms with E-state index >= 15 is 0 Å². The van der Waals surface area contributed by atoms with Gasteiger partial charge in [-0.1, -0.05) is 19.3 Å². The summed E-state index contributed by atoms with van der Waals surface area (Å²) in [6.45, 7) is 6.44. The lowest BCUT2D eigenvalue weighted by molar-refractivity contribution is 0.0982. The molecule has 3 rings (SSSR count). The highest BCUT2D eigenvalue weighted by Crippen LogP contribution is 2.38. The average molecular weight is 250 g/mol. The van der Waals surface area contributed by atoms with E-state index in [2.05, 4.69) is 17.1 Å². The Labute approximate surface area is 113 Å². The van der Waals surface area contributed by atoms with E-state index in [0.717, 1.165) is 12.1 Å². The van der Waals surface area contributed by atoms with Gasteiger partial charge in [-0.25, -0.2) is 0 Å². The molecule has 18 heavy (non-hydrogen) atoms. The first-order chi connectivity index (χ1) is 8.77. The van der Waals surface area contributed by atoms with Crippen molar-refractivity contribution in [2.24, 2.45) is 5.41 Å². The molecule has 1 saturated heterocycles. The Hall–Kier alpha value is -0.0800. The van der Waals surface area contributed by atoms with Gasteiger partial charge >= 0.3 is 0 Å². The molecule has 1 unspecified atom stereocenters. The fourth-order valence-corrected chi connectivity index (χ4v) is 4.00. The van der Waals surface area contributed by atoms with Crippen molar-refractivity contribution < 1.29 is 0 Å². The van der Waals surface area contributed by atoms with Crippen LogP contribution in [0.15, 0.2) is 0 Å². The molecule has 3 fully saturated rings. The van der Waals surface area contributed by atoms with Gasteiger partial charge in [0.1, 0.15) is 0 Å². The number of hydrogen-bond acceptors (Lipinski definition) is 2. The molecule has 1 N–H and O–H groups in total. The van der Waals surface area contributed by atoms with Crippen molar-refractivity contribution in [2.75, 3.05) is 19.6 Å². The number of nitrogens with zero attached hydrogens (tertiary/aromatic N) is 1. The third kappa shape index (κ3) is 3.08. The molecule has 0 spiro atoms. The van der Waals surface area contributed by atoms with Crippen LogP contribution in [0.5, 0.6) is 0 Å². The van der Waals surface area contributed by atoms with Gasteiger partial charge in [0.2, 0.25) is 0 Å². The van der Waals surface area contributed by atoms with Crippen LogP contribution in [0.3, 0.4) is 0 Å². The van der Waals surface area contributed by atoms with E-state index < -0.39 is 0 Å². The lowest BCUT2D eigenvalue weighted by atomic mass is 9.73. The maximum Gasteiger partial charge on any atom is 0.00684 e. The summed E-state index contributed by atoms with van der Waals surface area (Å²) in [5.74, 6) is 0. The summed E-state index contributed by atoms with van der Waals surface area (Å²) in [6.07, 6.45) is 13.0. The van der Waals surface area contributed by atoms with Crippen molar-refractivity contribution in [2.45, 2.75) is 76.8 Å². The molecule has 0 aromatic rings. The Morgan fingerprint density at radius 1 is 1.06 bits per heavy atom. The average Bonchev–Trinajstić information content (AvgIpc) is 3.14. The number of hydrogen-bond donors (Lipinski definition) is 1. The fourth-order valence-electron chi connectivity index (χ4n) is 4.00. The Morgan fingerprint density at radius 2 is 1.83 bits per heavy atom. The van der Waals surface area contributed by atoms with E-state index in [0.29, 0.717) is 5.41 Å². The van der Waals surface area contributed by atoms with Crippen LogP contribution in [0.1, 0.15) is 64.7 Å². The normalized spacial score (nSPS) is 32.8. The van der Waals surface area contributed by atoms with Gasteiger partial charge in [-0.05, 0) is 57.4 Å². The fraction of sp³-hybridized carbons (Fsp3) is 1.00. The van der Waals surface area contributed by atoms with E-state index in [1.165, 1.54) is 77.4 Å². The van der Waals surface area contributed by atoms with Crippen molar-refractivity contribution in [3.63, 3.8) is 0 Å². The van der Waals surface area contributed by atoms with Crippen molar-refractivity contribution >= 4 is 0 Å². The summed E-state index contributed by atoms with van der Waals surface area (Å²) in [7, 11) is 0. The minimum absolute atomic E-state index is 0.611. The molecule has 1 atom stereocenters. The van der Waals surface area contributed by atoms with Crippen LogP contribution in [0.2, 0.25) is 0 Å². The van der Waals surface area contributed by atoms with Crippen LogP contribution in [0, 0.1) is 5.41 Å². The molecule has 1 heterocycles. The smallest absolute Gasteiger partial charge is 0.00684 e. The third-order valence-electron chi connectivity index (χ3n) is 5.49. The van der Waals surface area contributed by atoms with E-state index in [1.54, 1.807) is 0 Å². The first kappa shape index (κ1) is 12.9. The standard InChI is InChI=1S/C16H30N2/c1-14-6-5-11-18(14)13-16(9-3-2-4-10-16)12-17-15-7-8-15/h14-15,17H,2-13H2,1H3. The SMILES string of the molecule is CC1CCCN1CC1(CNC2CC2)CCCCC1. The summed E-state index contributed by atoms with van der Waals surface area (Å²) in [5, 5.41) is 3.83. The van der Waals surface area contributed by atoms with Gasteiger partial charge in [0, 0.05) is 25.2 Å². The highest BCUT2D eigenvalue weighted by Gasteiger charge is 2.37. The van der Waals surface area contributed by atoms with Crippen LogP contribution in [0.4, 0.5) is 0 Å². The highest BCUT2D eigenvalue weighted by molar-refractivity contribution is 4.93. The molecule has 104 valence electrons. The molecule has 0 bridgehead atoms. The molecule has 2 heteroatoms. The minimum Gasteiger partial charge on any atom is -0.313 e. The quantitative estimate of drug-likeness (QED) is 0.806. The van der Waals surface area contributed by atoms with E-state index in [1.807, 2.05) is 0 Å². The summed E-state index contributed by atoms with van der Waals surface area (Å²) in [6, 6.07) is 1.71. The van der Waals surface area contributed by atoms with E-state index in [9.17, 15) is 0 Å². The zero-order valence-corrected chi connectivity index (χ0v) is 12.1. The molecule has 3 aliphatic rings. The summed E-state index contributed by atoms with van der Waals surface area (Å²) < 4.78 is 0. The largest absolute Gasteiger partial charge is 0.313 e. The zero-order valence-electron chi connectivity index (χ0n) is 12.1. The molecule has 0 amide bonds. The van der Waals surface area contributed by atoms with Gasteiger partial charge < -0.3 is 10.2 Å². The first-order valence-electron chi connectivity index (χ1n) is 8.25.